The fourth-order valence-corrected chi connectivity index (χ4v) is 1.89. The van der Waals surface area contributed by atoms with E-state index in [-0.39, 0.29) is 18.3 Å². The standard InChI is InChI=1S/C16H18FN3O2/c1-22-13-6-4-12(5-7-13)8-10-19-16(21)20-11-15-14(17)3-2-9-18-15/h2-7,9H,8,10-11H2,1H3,(H2,19,20,21). The molecule has 0 spiro atoms. The minimum absolute atomic E-state index is 0.0566. The van der Waals surface area contributed by atoms with Crippen LogP contribution in [0.15, 0.2) is 42.6 Å². The number of carbonyl (C=O) groups is 1. The second-order valence-electron chi connectivity index (χ2n) is 4.64. The number of nitrogens with one attached hydrogen (secondary N) is 2. The van der Waals surface area contributed by atoms with E-state index in [1.54, 1.807) is 7.11 Å². The van der Waals surface area contributed by atoms with Crippen LogP contribution in [0.5, 0.6) is 5.75 Å². The topological polar surface area (TPSA) is 63.2 Å². The molecule has 2 amide bonds. The fraction of sp³-hybridized carbons (Fsp3) is 0.250. The summed E-state index contributed by atoms with van der Waals surface area (Å²) in [5, 5.41) is 5.29. The highest BCUT2D eigenvalue weighted by atomic mass is 19.1. The van der Waals surface area contributed by atoms with Crippen molar-refractivity contribution >= 4 is 6.03 Å². The molecule has 0 saturated carbocycles. The summed E-state index contributed by atoms with van der Waals surface area (Å²) in [4.78, 5) is 15.5. The Morgan fingerprint density at radius 3 is 2.68 bits per heavy atom. The van der Waals surface area contributed by atoms with E-state index in [4.69, 9.17) is 4.74 Å². The number of hydrogen-bond acceptors (Lipinski definition) is 3. The van der Waals surface area contributed by atoms with Crippen molar-refractivity contribution in [1.29, 1.82) is 0 Å². The highest BCUT2D eigenvalue weighted by Gasteiger charge is 2.05. The first-order valence-electron chi connectivity index (χ1n) is 6.93. The summed E-state index contributed by atoms with van der Waals surface area (Å²) in [6.07, 6.45) is 2.19. The maximum Gasteiger partial charge on any atom is 0.315 e. The van der Waals surface area contributed by atoms with Crippen molar-refractivity contribution in [1.82, 2.24) is 15.6 Å². The highest BCUT2D eigenvalue weighted by Crippen LogP contribution is 2.11. The zero-order valence-corrected chi connectivity index (χ0v) is 12.3. The smallest absolute Gasteiger partial charge is 0.315 e. The SMILES string of the molecule is COc1ccc(CCNC(=O)NCc2ncccc2F)cc1. The number of rotatable bonds is 6. The Morgan fingerprint density at radius 2 is 2.00 bits per heavy atom. The quantitative estimate of drug-likeness (QED) is 0.860. The molecule has 0 aliphatic carbocycles. The average Bonchev–Trinajstić information content (AvgIpc) is 2.55. The second-order valence-corrected chi connectivity index (χ2v) is 4.64. The van der Waals surface area contributed by atoms with Gasteiger partial charge in [-0.1, -0.05) is 12.1 Å². The van der Waals surface area contributed by atoms with Gasteiger partial charge in [-0.25, -0.2) is 9.18 Å². The third kappa shape index (κ3) is 4.73. The summed E-state index contributed by atoms with van der Waals surface area (Å²) in [6.45, 7) is 0.546. The molecule has 1 heterocycles. The molecule has 1 aromatic carbocycles. The average molecular weight is 303 g/mol. The van der Waals surface area contributed by atoms with Gasteiger partial charge in [-0.05, 0) is 36.2 Å². The van der Waals surface area contributed by atoms with Crippen LogP contribution in [-0.2, 0) is 13.0 Å². The molecular weight excluding hydrogens is 285 g/mol. The van der Waals surface area contributed by atoms with Gasteiger partial charge in [-0.2, -0.15) is 0 Å². The molecule has 22 heavy (non-hydrogen) atoms. The molecular formula is C16H18FN3O2. The lowest BCUT2D eigenvalue weighted by Crippen LogP contribution is -2.36. The molecule has 0 fully saturated rings. The Kier molecular flexibility index (Phi) is 5.71. The van der Waals surface area contributed by atoms with Crippen molar-refractivity contribution in [2.24, 2.45) is 0 Å². The van der Waals surface area contributed by atoms with Crippen molar-refractivity contribution in [3.05, 3.63) is 59.7 Å². The van der Waals surface area contributed by atoms with Gasteiger partial charge in [-0.15, -0.1) is 0 Å². The van der Waals surface area contributed by atoms with Crippen LogP contribution in [0.2, 0.25) is 0 Å². The number of nitrogens with zero attached hydrogens (tertiary/aromatic N) is 1. The van der Waals surface area contributed by atoms with E-state index in [1.807, 2.05) is 24.3 Å². The minimum atomic E-state index is -0.430. The molecule has 5 nitrogen and oxygen atoms in total. The van der Waals surface area contributed by atoms with Crippen LogP contribution in [0.3, 0.4) is 0 Å². The Bertz CT molecular complexity index is 617. The van der Waals surface area contributed by atoms with Crippen LogP contribution < -0.4 is 15.4 Å². The Morgan fingerprint density at radius 1 is 1.23 bits per heavy atom. The molecule has 0 radical (unpaired) electrons. The van der Waals surface area contributed by atoms with E-state index >= 15 is 0 Å². The Labute approximate surface area is 128 Å². The van der Waals surface area contributed by atoms with Crippen LogP contribution in [-0.4, -0.2) is 24.7 Å². The fourth-order valence-electron chi connectivity index (χ4n) is 1.89. The van der Waals surface area contributed by atoms with Crippen LogP contribution in [0, 0.1) is 5.82 Å². The molecule has 0 aliphatic heterocycles. The first-order chi connectivity index (χ1) is 10.7. The number of urea groups is 1. The third-order valence-electron chi connectivity index (χ3n) is 3.11. The van der Waals surface area contributed by atoms with Crippen LogP contribution in [0.1, 0.15) is 11.3 Å². The van der Waals surface area contributed by atoms with E-state index in [9.17, 15) is 9.18 Å². The molecule has 0 bridgehead atoms. The number of amides is 2. The normalized spacial score (nSPS) is 10.1. The number of carbonyl (C=O) groups excluding carboxylic acids is 1. The van der Waals surface area contributed by atoms with Gasteiger partial charge in [0.05, 0.1) is 19.3 Å². The van der Waals surface area contributed by atoms with Gasteiger partial charge in [0.15, 0.2) is 0 Å². The zero-order chi connectivity index (χ0) is 15.8. The molecule has 2 rings (SSSR count). The number of ether oxygens (including phenoxy) is 1. The lowest BCUT2D eigenvalue weighted by Gasteiger charge is -2.08. The lowest BCUT2D eigenvalue weighted by atomic mass is 10.1. The van der Waals surface area contributed by atoms with Crippen molar-refractivity contribution in [2.75, 3.05) is 13.7 Å². The summed E-state index contributed by atoms with van der Waals surface area (Å²) in [7, 11) is 1.62. The van der Waals surface area contributed by atoms with Gasteiger partial charge in [0.1, 0.15) is 11.6 Å². The summed E-state index contributed by atoms with van der Waals surface area (Å²) in [5.41, 5.74) is 1.31. The Balaban J connectivity index is 1.70. The van der Waals surface area contributed by atoms with E-state index in [1.165, 1.54) is 18.3 Å². The van der Waals surface area contributed by atoms with Crippen LogP contribution in [0.25, 0.3) is 0 Å². The number of aromatic nitrogens is 1. The second kappa shape index (κ2) is 7.97. The number of hydrogen-bond donors (Lipinski definition) is 2. The predicted molar refractivity (Wildman–Crippen MR) is 81.1 cm³/mol. The molecule has 116 valence electrons. The van der Waals surface area contributed by atoms with Gasteiger partial charge >= 0.3 is 6.03 Å². The Hall–Kier alpha value is -2.63. The van der Waals surface area contributed by atoms with Crippen LogP contribution in [0.4, 0.5) is 9.18 Å². The van der Waals surface area contributed by atoms with Gasteiger partial charge in [0.25, 0.3) is 0 Å². The first-order valence-corrected chi connectivity index (χ1v) is 6.93. The third-order valence-corrected chi connectivity index (χ3v) is 3.11. The first kappa shape index (κ1) is 15.8. The van der Waals surface area contributed by atoms with Gasteiger partial charge < -0.3 is 15.4 Å². The number of benzene rings is 1. The molecule has 2 aromatic rings. The van der Waals surface area contributed by atoms with Crippen molar-refractivity contribution in [3.63, 3.8) is 0 Å². The molecule has 2 N–H and O–H groups in total. The largest absolute Gasteiger partial charge is 0.497 e. The zero-order valence-electron chi connectivity index (χ0n) is 12.3. The van der Waals surface area contributed by atoms with E-state index in [0.717, 1.165) is 11.3 Å². The van der Waals surface area contributed by atoms with Crippen molar-refractivity contribution in [2.45, 2.75) is 13.0 Å². The molecule has 1 aromatic heterocycles. The summed E-state index contributed by atoms with van der Waals surface area (Å²) >= 11 is 0. The molecule has 0 aliphatic rings. The maximum atomic E-state index is 13.3. The number of halogens is 1. The highest BCUT2D eigenvalue weighted by molar-refractivity contribution is 5.73. The molecule has 6 heteroatoms. The number of methoxy groups -OCH3 is 1. The van der Waals surface area contributed by atoms with E-state index in [2.05, 4.69) is 15.6 Å². The lowest BCUT2D eigenvalue weighted by molar-refractivity contribution is 0.240. The van der Waals surface area contributed by atoms with Crippen molar-refractivity contribution < 1.29 is 13.9 Å². The predicted octanol–water partition coefficient (Wildman–Crippen LogP) is 2.27. The van der Waals surface area contributed by atoms with Crippen molar-refractivity contribution in [3.8, 4) is 5.75 Å². The summed E-state index contributed by atoms with van der Waals surface area (Å²) in [6, 6.07) is 10.1. The minimum Gasteiger partial charge on any atom is -0.497 e. The summed E-state index contributed by atoms with van der Waals surface area (Å²) in [5.74, 6) is 0.368. The van der Waals surface area contributed by atoms with E-state index < -0.39 is 5.82 Å². The molecule has 0 saturated heterocycles. The summed E-state index contributed by atoms with van der Waals surface area (Å²) < 4.78 is 18.4. The van der Waals surface area contributed by atoms with E-state index in [0.29, 0.717) is 13.0 Å². The number of pyridine rings is 1. The van der Waals surface area contributed by atoms with Gasteiger partial charge in [0, 0.05) is 12.7 Å². The molecule has 0 atom stereocenters. The maximum absolute atomic E-state index is 13.3. The van der Waals surface area contributed by atoms with Gasteiger partial charge in [0.2, 0.25) is 0 Å². The van der Waals surface area contributed by atoms with Gasteiger partial charge in [-0.3, -0.25) is 4.98 Å². The molecule has 0 unspecified atom stereocenters. The monoisotopic (exact) mass is 303 g/mol. The van der Waals surface area contributed by atoms with Crippen LogP contribution >= 0.6 is 0 Å².